The largest absolute Gasteiger partial charge is 0.334 e. The summed E-state index contributed by atoms with van der Waals surface area (Å²) in [5.41, 5.74) is 6.09. The Bertz CT molecular complexity index is 952. The standard InChI is InChI=1S/C23H26N4/c1-16-17(2)24-23(25-22(16)26(4)20-11-6-5-7-12-20)27-15-14-19-10-8-9-13-21(19)18(27)3/h5-13,18H,14-15H2,1-4H3/t18-/m1/s1. The molecule has 1 atom stereocenters. The number of benzene rings is 2. The molecule has 138 valence electrons. The molecule has 4 heteroatoms. The van der Waals surface area contributed by atoms with Gasteiger partial charge in [0.05, 0.1) is 6.04 Å². The molecule has 2 aromatic carbocycles. The Morgan fingerprint density at radius 2 is 1.67 bits per heavy atom. The monoisotopic (exact) mass is 358 g/mol. The zero-order valence-electron chi connectivity index (χ0n) is 16.5. The van der Waals surface area contributed by atoms with Crippen molar-refractivity contribution in [3.05, 3.63) is 77.0 Å². The summed E-state index contributed by atoms with van der Waals surface area (Å²) in [5, 5.41) is 0. The number of hydrogen-bond acceptors (Lipinski definition) is 4. The van der Waals surface area contributed by atoms with E-state index in [1.807, 2.05) is 6.07 Å². The maximum absolute atomic E-state index is 5.00. The minimum Gasteiger partial charge on any atom is -0.334 e. The second-order valence-corrected chi connectivity index (χ2v) is 7.27. The molecule has 0 bridgehead atoms. The van der Waals surface area contributed by atoms with Gasteiger partial charge in [0.2, 0.25) is 5.95 Å². The van der Waals surface area contributed by atoms with Crippen LogP contribution in [-0.4, -0.2) is 23.6 Å². The fourth-order valence-electron chi connectivity index (χ4n) is 3.87. The first-order valence-corrected chi connectivity index (χ1v) is 9.54. The highest BCUT2D eigenvalue weighted by Crippen LogP contribution is 2.34. The van der Waals surface area contributed by atoms with E-state index in [1.165, 1.54) is 11.1 Å². The maximum atomic E-state index is 5.00. The van der Waals surface area contributed by atoms with E-state index in [0.717, 1.165) is 41.7 Å². The molecule has 1 aliphatic heterocycles. The van der Waals surface area contributed by atoms with Crippen LogP contribution in [0.2, 0.25) is 0 Å². The number of rotatable bonds is 3. The predicted molar refractivity (Wildman–Crippen MR) is 112 cm³/mol. The molecule has 0 aliphatic carbocycles. The van der Waals surface area contributed by atoms with Gasteiger partial charge in [-0.1, -0.05) is 42.5 Å². The number of para-hydroxylation sites is 1. The number of aryl methyl sites for hydroxylation is 1. The zero-order chi connectivity index (χ0) is 19.0. The van der Waals surface area contributed by atoms with Crippen LogP contribution in [0, 0.1) is 13.8 Å². The normalized spacial score (nSPS) is 16.1. The van der Waals surface area contributed by atoms with Crippen LogP contribution < -0.4 is 9.80 Å². The summed E-state index contributed by atoms with van der Waals surface area (Å²) in [5.74, 6) is 1.78. The van der Waals surface area contributed by atoms with Gasteiger partial charge in [0.25, 0.3) is 0 Å². The summed E-state index contributed by atoms with van der Waals surface area (Å²) in [4.78, 5) is 14.3. The van der Waals surface area contributed by atoms with Crippen LogP contribution in [-0.2, 0) is 6.42 Å². The van der Waals surface area contributed by atoms with E-state index < -0.39 is 0 Å². The van der Waals surface area contributed by atoms with Gasteiger partial charge in [-0.15, -0.1) is 0 Å². The molecule has 1 aromatic heterocycles. The highest BCUT2D eigenvalue weighted by Gasteiger charge is 2.26. The summed E-state index contributed by atoms with van der Waals surface area (Å²) < 4.78 is 0. The Morgan fingerprint density at radius 1 is 0.963 bits per heavy atom. The van der Waals surface area contributed by atoms with Gasteiger partial charge in [0.15, 0.2) is 0 Å². The molecule has 0 amide bonds. The van der Waals surface area contributed by atoms with E-state index in [2.05, 4.69) is 86.1 Å². The lowest BCUT2D eigenvalue weighted by molar-refractivity contribution is 0.607. The van der Waals surface area contributed by atoms with Gasteiger partial charge in [-0.3, -0.25) is 0 Å². The van der Waals surface area contributed by atoms with Crippen molar-refractivity contribution < 1.29 is 0 Å². The molecule has 3 aromatic rings. The third-order valence-corrected chi connectivity index (χ3v) is 5.66. The molecule has 0 fully saturated rings. The molecule has 0 radical (unpaired) electrons. The molecule has 0 N–H and O–H groups in total. The molecule has 1 aliphatic rings. The van der Waals surface area contributed by atoms with E-state index >= 15 is 0 Å². The number of aromatic nitrogens is 2. The van der Waals surface area contributed by atoms with Gasteiger partial charge in [0, 0.05) is 30.5 Å². The lowest BCUT2D eigenvalue weighted by Crippen LogP contribution is -2.35. The van der Waals surface area contributed by atoms with Crippen LogP contribution in [0.4, 0.5) is 17.5 Å². The average Bonchev–Trinajstić information content (AvgIpc) is 2.71. The van der Waals surface area contributed by atoms with Crippen molar-refractivity contribution in [3.63, 3.8) is 0 Å². The Hall–Kier alpha value is -2.88. The van der Waals surface area contributed by atoms with Crippen LogP contribution in [0.3, 0.4) is 0 Å². The first-order chi connectivity index (χ1) is 13.1. The maximum Gasteiger partial charge on any atom is 0.228 e. The summed E-state index contributed by atoms with van der Waals surface area (Å²) >= 11 is 0. The SMILES string of the molecule is Cc1nc(N2CCc3ccccc3[C@H]2C)nc(N(C)c2ccccc2)c1C. The lowest BCUT2D eigenvalue weighted by Gasteiger charge is -2.36. The van der Waals surface area contributed by atoms with Crippen LogP contribution in [0.15, 0.2) is 54.6 Å². The molecule has 0 saturated carbocycles. The predicted octanol–water partition coefficient (Wildman–Crippen LogP) is 4.99. The van der Waals surface area contributed by atoms with Crippen molar-refractivity contribution in [3.8, 4) is 0 Å². The van der Waals surface area contributed by atoms with Crippen molar-refractivity contribution in [2.24, 2.45) is 0 Å². The second-order valence-electron chi connectivity index (χ2n) is 7.27. The van der Waals surface area contributed by atoms with Gasteiger partial charge in [-0.2, -0.15) is 4.98 Å². The third kappa shape index (κ3) is 3.16. The number of fused-ring (bicyclic) bond motifs is 1. The summed E-state index contributed by atoms with van der Waals surface area (Å²) in [7, 11) is 2.07. The number of hydrogen-bond donors (Lipinski definition) is 0. The Balaban J connectivity index is 1.74. The van der Waals surface area contributed by atoms with Crippen molar-refractivity contribution in [2.45, 2.75) is 33.2 Å². The molecular formula is C23H26N4. The highest BCUT2D eigenvalue weighted by atomic mass is 15.3. The first-order valence-electron chi connectivity index (χ1n) is 9.54. The second kappa shape index (κ2) is 7.03. The number of anilines is 3. The van der Waals surface area contributed by atoms with Crippen molar-refractivity contribution >= 4 is 17.5 Å². The van der Waals surface area contributed by atoms with E-state index in [0.29, 0.717) is 0 Å². The van der Waals surface area contributed by atoms with Crippen LogP contribution in [0.5, 0.6) is 0 Å². The summed E-state index contributed by atoms with van der Waals surface area (Å²) in [6.07, 6.45) is 1.03. The molecular weight excluding hydrogens is 332 g/mol. The van der Waals surface area contributed by atoms with E-state index in [9.17, 15) is 0 Å². The van der Waals surface area contributed by atoms with Crippen molar-refractivity contribution in [1.29, 1.82) is 0 Å². The lowest BCUT2D eigenvalue weighted by atomic mass is 9.94. The third-order valence-electron chi connectivity index (χ3n) is 5.66. The Kier molecular flexibility index (Phi) is 4.56. The molecule has 0 saturated heterocycles. The molecule has 2 heterocycles. The number of nitrogens with zero attached hydrogens (tertiary/aromatic N) is 4. The van der Waals surface area contributed by atoms with Gasteiger partial charge in [0.1, 0.15) is 5.82 Å². The van der Waals surface area contributed by atoms with Gasteiger partial charge in [-0.05, 0) is 50.5 Å². The molecule has 4 nitrogen and oxygen atoms in total. The summed E-state index contributed by atoms with van der Waals surface area (Å²) in [6, 6.07) is 19.3. The van der Waals surface area contributed by atoms with E-state index in [4.69, 9.17) is 9.97 Å². The van der Waals surface area contributed by atoms with Crippen LogP contribution in [0.25, 0.3) is 0 Å². The molecule has 27 heavy (non-hydrogen) atoms. The smallest absolute Gasteiger partial charge is 0.228 e. The van der Waals surface area contributed by atoms with Crippen LogP contribution >= 0.6 is 0 Å². The molecule has 0 spiro atoms. The molecule has 4 rings (SSSR count). The van der Waals surface area contributed by atoms with Crippen molar-refractivity contribution in [2.75, 3.05) is 23.4 Å². The zero-order valence-corrected chi connectivity index (χ0v) is 16.5. The fourth-order valence-corrected chi connectivity index (χ4v) is 3.87. The quantitative estimate of drug-likeness (QED) is 0.660. The van der Waals surface area contributed by atoms with Crippen LogP contribution in [0.1, 0.15) is 35.3 Å². The van der Waals surface area contributed by atoms with Gasteiger partial charge in [-0.25, -0.2) is 4.98 Å². The topological polar surface area (TPSA) is 32.3 Å². The Morgan fingerprint density at radius 3 is 2.44 bits per heavy atom. The fraction of sp³-hybridized carbons (Fsp3) is 0.304. The average molecular weight is 358 g/mol. The van der Waals surface area contributed by atoms with Crippen molar-refractivity contribution in [1.82, 2.24) is 9.97 Å². The van der Waals surface area contributed by atoms with E-state index in [-0.39, 0.29) is 6.04 Å². The first kappa shape index (κ1) is 17.5. The summed E-state index contributed by atoms with van der Waals surface area (Å²) in [6.45, 7) is 7.36. The highest BCUT2D eigenvalue weighted by molar-refractivity contribution is 5.64. The van der Waals surface area contributed by atoms with Gasteiger partial charge < -0.3 is 9.80 Å². The Labute approximate surface area is 161 Å². The van der Waals surface area contributed by atoms with E-state index in [1.54, 1.807) is 0 Å². The minimum atomic E-state index is 0.270. The minimum absolute atomic E-state index is 0.270. The van der Waals surface area contributed by atoms with Gasteiger partial charge >= 0.3 is 0 Å². The molecule has 0 unspecified atom stereocenters.